The van der Waals surface area contributed by atoms with Crippen LogP contribution in [0.1, 0.15) is 17.2 Å². The minimum Gasteiger partial charge on any atom is -0.435 e. The quantitative estimate of drug-likeness (QED) is 0.624. The fraction of sp³-hybridized carbons (Fsp3) is 0.167. The van der Waals surface area contributed by atoms with Crippen LogP contribution in [0, 0.1) is 0 Å². The fourth-order valence-electron chi connectivity index (χ4n) is 2.99. The molecule has 0 radical (unpaired) electrons. The molecule has 1 aliphatic heterocycles. The summed E-state index contributed by atoms with van der Waals surface area (Å²) in [5, 5.41) is 14.4. The van der Waals surface area contributed by atoms with Gasteiger partial charge in [-0.1, -0.05) is 23.3 Å². The van der Waals surface area contributed by atoms with Crippen LogP contribution in [0.5, 0.6) is 11.5 Å². The van der Waals surface area contributed by atoms with Gasteiger partial charge < -0.3 is 14.8 Å². The first-order valence-electron chi connectivity index (χ1n) is 8.37. The van der Waals surface area contributed by atoms with E-state index >= 15 is 0 Å². The summed E-state index contributed by atoms with van der Waals surface area (Å²) in [6, 6.07) is 11.6. The number of ether oxygens (including phenoxy) is 2. The number of aromatic nitrogens is 4. The maximum absolute atomic E-state index is 12.8. The molecule has 2 heterocycles. The van der Waals surface area contributed by atoms with Crippen molar-refractivity contribution in [2.45, 2.75) is 19.3 Å². The molecule has 0 aliphatic carbocycles. The Labute approximate surface area is 161 Å². The van der Waals surface area contributed by atoms with Gasteiger partial charge in [0.1, 0.15) is 17.5 Å². The fourth-order valence-corrected chi connectivity index (χ4v) is 2.99. The number of hydrogen-bond acceptors (Lipinski definition) is 6. The Balaban J connectivity index is 1.72. The van der Waals surface area contributed by atoms with E-state index in [2.05, 4.69) is 30.3 Å². The summed E-state index contributed by atoms with van der Waals surface area (Å²) in [4.78, 5) is 0. The predicted octanol–water partition coefficient (Wildman–Crippen LogP) is 3.93. The summed E-state index contributed by atoms with van der Waals surface area (Å²) in [7, 11) is 0. The van der Waals surface area contributed by atoms with Crippen LogP contribution in [0.3, 0.4) is 0 Å². The SMILES string of the molecule is FC(F)Oc1ccc(C2=C[C@H](c3ccccc3OC(F)F)n3nnnc3N2)cc1. The molecule has 2 aromatic carbocycles. The van der Waals surface area contributed by atoms with E-state index in [1.54, 1.807) is 36.4 Å². The smallest absolute Gasteiger partial charge is 0.387 e. The van der Waals surface area contributed by atoms with Crippen molar-refractivity contribution in [3.8, 4) is 11.5 Å². The van der Waals surface area contributed by atoms with Crippen LogP contribution in [0.15, 0.2) is 54.6 Å². The average molecular weight is 407 g/mol. The molecule has 7 nitrogen and oxygen atoms in total. The molecule has 0 fully saturated rings. The maximum atomic E-state index is 12.8. The van der Waals surface area contributed by atoms with E-state index in [1.807, 2.05) is 0 Å². The second kappa shape index (κ2) is 7.78. The van der Waals surface area contributed by atoms with E-state index in [4.69, 9.17) is 0 Å². The lowest BCUT2D eigenvalue weighted by Gasteiger charge is -2.25. The van der Waals surface area contributed by atoms with Crippen molar-refractivity contribution in [3.63, 3.8) is 0 Å². The van der Waals surface area contributed by atoms with Crippen LogP contribution in [-0.2, 0) is 0 Å². The van der Waals surface area contributed by atoms with Gasteiger partial charge in [0.15, 0.2) is 0 Å². The third-order valence-electron chi connectivity index (χ3n) is 4.17. The zero-order valence-electron chi connectivity index (χ0n) is 14.5. The van der Waals surface area contributed by atoms with Crippen molar-refractivity contribution in [1.29, 1.82) is 0 Å². The van der Waals surface area contributed by atoms with Crippen molar-refractivity contribution in [3.05, 3.63) is 65.7 Å². The van der Waals surface area contributed by atoms with Crippen LogP contribution in [0.25, 0.3) is 5.70 Å². The van der Waals surface area contributed by atoms with Gasteiger partial charge in [0.2, 0.25) is 5.95 Å². The molecule has 1 atom stereocenters. The lowest BCUT2D eigenvalue weighted by atomic mass is 10.0. The summed E-state index contributed by atoms with van der Waals surface area (Å²) in [5.74, 6) is 0.289. The maximum Gasteiger partial charge on any atom is 0.387 e. The van der Waals surface area contributed by atoms with Gasteiger partial charge in [-0.3, -0.25) is 0 Å². The van der Waals surface area contributed by atoms with E-state index in [1.165, 1.54) is 22.9 Å². The van der Waals surface area contributed by atoms with Gasteiger partial charge in [-0.15, -0.1) is 0 Å². The summed E-state index contributed by atoms with van der Waals surface area (Å²) >= 11 is 0. The third kappa shape index (κ3) is 3.98. The molecule has 1 N–H and O–H groups in total. The summed E-state index contributed by atoms with van der Waals surface area (Å²) in [6.07, 6.45) is 1.72. The molecule has 29 heavy (non-hydrogen) atoms. The molecule has 0 saturated heterocycles. The first-order valence-corrected chi connectivity index (χ1v) is 8.37. The molecule has 150 valence electrons. The Morgan fingerprint density at radius 2 is 1.66 bits per heavy atom. The van der Waals surface area contributed by atoms with E-state index in [0.717, 1.165) is 0 Å². The number of fused-ring (bicyclic) bond motifs is 1. The van der Waals surface area contributed by atoms with Crippen molar-refractivity contribution >= 4 is 11.6 Å². The summed E-state index contributed by atoms with van der Waals surface area (Å²) < 4.78 is 60.7. The first kappa shape index (κ1) is 18.7. The van der Waals surface area contributed by atoms with Crippen LogP contribution >= 0.6 is 0 Å². The molecule has 0 unspecified atom stereocenters. The molecule has 0 amide bonds. The molecule has 1 aromatic heterocycles. The lowest BCUT2D eigenvalue weighted by molar-refractivity contribution is -0.0510. The van der Waals surface area contributed by atoms with Gasteiger partial charge in [-0.05, 0) is 52.4 Å². The number of anilines is 1. The minimum absolute atomic E-state index is 0.00729. The van der Waals surface area contributed by atoms with Crippen LogP contribution < -0.4 is 14.8 Å². The molecular weight excluding hydrogens is 394 g/mol. The Morgan fingerprint density at radius 3 is 2.38 bits per heavy atom. The first-order chi connectivity index (χ1) is 14.0. The number of para-hydroxylation sites is 1. The highest BCUT2D eigenvalue weighted by molar-refractivity contribution is 5.77. The molecule has 1 aliphatic rings. The number of nitrogens with zero attached hydrogens (tertiary/aromatic N) is 4. The number of hydrogen-bond donors (Lipinski definition) is 1. The third-order valence-corrected chi connectivity index (χ3v) is 4.17. The minimum atomic E-state index is -2.99. The number of allylic oxidation sites excluding steroid dienone is 1. The van der Waals surface area contributed by atoms with Gasteiger partial charge in [0, 0.05) is 11.3 Å². The monoisotopic (exact) mass is 407 g/mol. The zero-order valence-corrected chi connectivity index (χ0v) is 14.5. The highest BCUT2D eigenvalue weighted by Gasteiger charge is 2.27. The van der Waals surface area contributed by atoms with Crippen molar-refractivity contribution in [1.82, 2.24) is 20.2 Å². The number of nitrogens with one attached hydrogen (secondary N) is 1. The van der Waals surface area contributed by atoms with Gasteiger partial charge in [0.25, 0.3) is 0 Å². The molecule has 4 rings (SSSR count). The largest absolute Gasteiger partial charge is 0.435 e. The molecule has 0 spiro atoms. The summed E-state index contributed by atoms with van der Waals surface area (Å²) in [5.41, 5.74) is 1.63. The number of alkyl halides is 4. The van der Waals surface area contributed by atoms with E-state index in [9.17, 15) is 17.6 Å². The van der Waals surface area contributed by atoms with Crippen molar-refractivity contribution < 1.29 is 27.0 Å². The van der Waals surface area contributed by atoms with Crippen LogP contribution in [-0.4, -0.2) is 33.4 Å². The molecule has 11 heteroatoms. The van der Waals surface area contributed by atoms with Gasteiger partial charge in [0.05, 0.1) is 0 Å². The van der Waals surface area contributed by atoms with Crippen LogP contribution in [0.2, 0.25) is 0 Å². The Morgan fingerprint density at radius 1 is 0.931 bits per heavy atom. The standard InChI is InChI=1S/C18H13F4N5O2/c19-16(20)28-11-7-5-10(6-8-11)13-9-14(27-18(23-13)24-25-26-27)12-3-1-2-4-15(12)29-17(21)22/h1-9,14,16-17H,(H,23,24,26)/t14-/m1/s1. The Kier molecular flexibility index (Phi) is 5.02. The normalized spacial score (nSPS) is 15.7. The second-order valence-corrected chi connectivity index (χ2v) is 5.92. The van der Waals surface area contributed by atoms with E-state index < -0.39 is 19.3 Å². The van der Waals surface area contributed by atoms with E-state index in [0.29, 0.717) is 16.8 Å². The van der Waals surface area contributed by atoms with Crippen molar-refractivity contribution in [2.75, 3.05) is 5.32 Å². The zero-order chi connectivity index (χ0) is 20.4. The number of halogens is 4. The Hall–Kier alpha value is -3.63. The number of rotatable bonds is 6. The van der Waals surface area contributed by atoms with E-state index in [-0.39, 0.29) is 17.4 Å². The predicted molar refractivity (Wildman–Crippen MR) is 93.7 cm³/mol. The van der Waals surface area contributed by atoms with Gasteiger partial charge in [-0.2, -0.15) is 22.2 Å². The van der Waals surface area contributed by atoms with Gasteiger partial charge in [-0.25, -0.2) is 0 Å². The number of benzene rings is 2. The van der Waals surface area contributed by atoms with Gasteiger partial charge >= 0.3 is 13.2 Å². The molecule has 0 saturated carbocycles. The molecule has 3 aromatic rings. The highest BCUT2D eigenvalue weighted by Crippen LogP contribution is 2.36. The lowest BCUT2D eigenvalue weighted by Crippen LogP contribution is -2.21. The van der Waals surface area contributed by atoms with Crippen LogP contribution in [0.4, 0.5) is 23.5 Å². The number of tetrazole rings is 1. The Bertz CT molecular complexity index is 1020. The topological polar surface area (TPSA) is 74.1 Å². The summed E-state index contributed by atoms with van der Waals surface area (Å²) in [6.45, 7) is -5.91. The van der Waals surface area contributed by atoms with Crippen molar-refractivity contribution in [2.24, 2.45) is 0 Å². The second-order valence-electron chi connectivity index (χ2n) is 5.92. The average Bonchev–Trinajstić information content (AvgIpc) is 3.16. The molecular formula is C18H13F4N5O2. The highest BCUT2D eigenvalue weighted by atomic mass is 19.3. The molecule has 0 bridgehead atoms.